The van der Waals surface area contributed by atoms with Gasteiger partial charge >= 0.3 is 5.97 Å². The van der Waals surface area contributed by atoms with Gasteiger partial charge in [-0.3, -0.25) is 9.69 Å². The number of hydrogen-bond acceptors (Lipinski definition) is 4. The Morgan fingerprint density at radius 2 is 1.73 bits per heavy atom. The average molecular weight is 308 g/mol. The number of ether oxygens (including phenoxy) is 1. The van der Waals surface area contributed by atoms with Crippen molar-refractivity contribution >= 4 is 5.97 Å². The van der Waals surface area contributed by atoms with Crippen LogP contribution in [0.15, 0.2) is 12.1 Å². The number of methoxy groups -OCH3 is 1. The second kappa shape index (κ2) is 8.15. The van der Waals surface area contributed by atoms with Gasteiger partial charge < -0.3 is 14.7 Å². The molecule has 0 aliphatic carbocycles. The number of nitrogens with zero attached hydrogens (tertiary/aromatic N) is 2. The van der Waals surface area contributed by atoms with Crippen molar-refractivity contribution < 1.29 is 14.6 Å². The number of aliphatic carboxylic acids is 1. The van der Waals surface area contributed by atoms with E-state index in [2.05, 4.69) is 4.90 Å². The molecule has 0 unspecified atom stereocenters. The summed E-state index contributed by atoms with van der Waals surface area (Å²) in [6, 6.07) is 3.19. The lowest BCUT2D eigenvalue weighted by atomic mass is 9.99. The summed E-state index contributed by atoms with van der Waals surface area (Å²) in [5.41, 5.74) is 2.73. The van der Waals surface area contributed by atoms with Crippen LogP contribution < -0.4 is 4.74 Å². The number of aryl methyl sites for hydroxylation is 2. The molecule has 1 N–H and O–H groups in total. The molecule has 0 aliphatic heterocycles. The lowest BCUT2D eigenvalue weighted by Crippen LogP contribution is -2.33. The SMILES string of the molecule is COc1c(C)cc([C@@H](C(=O)O)N(C)CCCN(C)C)cc1C. The topological polar surface area (TPSA) is 53.0 Å². The van der Waals surface area contributed by atoms with Crippen LogP contribution in [0.5, 0.6) is 5.75 Å². The second-order valence-corrected chi connectivity index (χ2v) is 6.07. The van der Waals surface area contributed by atoms with Crippen LogP contribution in [-0.2, 0) is 4.79 Å². The zero-order valence-electron chi connectivity index (χ0n) is 14.5. The maximum Gasteiger partial charge on any atom is 0.325 e. The Bertz CT molecular complexity index is 492. The number of rotatable bonds is 8. The van der Waals surface area contributed by atoms with Crippen molar-refractivity contribution in [1.29, 1.82) is 0 Å². The van der Waals surface area contributed by atoms with Crippen molar-refractivity contribution in [3.05, 3.63) is 28.8 Å². The van der Waals surface area contributed by atoms with Crippen LogP contribution in [0.4, 0.5) is 0 Å². The fraction of sp³-hybridized carbons (Fsp3) is 0.588. The smallest absolute Gasteiger partial charge is 0.325 e. The third-order valence-corrected chi connectivity index (χ3v) is 3.79. The van der Waals surface area contributed by atoms with Gasteiger partial charge in [0.25, 0.3) is 0 Å². The first-order chi connectivity index (χ1) is 10.3. The molecule has 0 spiro atoms. The molecule has 5 heteroatoms. The highest BCUT2D eigenvalue weighted by molar-refractivity contribution is 5.76. The Balaban J connectivity index is 2.98. The van der Waals surface area contributed by atoms with Crippen molar-refractivity contribution in [3.8, 4) is 5.75 Å². The highest BCUT2D eigenvalue weighted by Crippen LogP contribution is 2.29. The number of benzene rings is 1. The minimum Gasteiger partial charge on any atom is -0.496 e. The van der Waals surface area contributed by atoms with E-state index in [4.69, 9.17) is 4.74 Å². The van der Waals surface area contributed by atoms with E-state index in [1.54, 1.807) is 7.11 Å². The molecular formula is C17H28N2O3. The quantitative estimate of drug-likeness (QED) is 0.799. The van der Waals surface area contributed by atoms with Gasteiger partial charge in [-0.2, -0.15) is 0 Å². The molecule has 22 heavy (non-hydrogen) atoms. The van der Waals surface area contributed by atoms with Gasteiger partial charge in [-0.25, -0.2) is 0 Å². The molecular weight excluding hydrogens is 280 g/mol. The number of likely N-dealkylation sites (N-methyl/N-ethyl adjacent to an activating group) is 1. The summed E-state index contributed by atoms with van der Waals surface area (Å²) in [7, 11) is 7.54. The summed E-state index contributed by atoms with van der Waals surface area (Å²) >= 11 is 0. The van der Waals surface area contributed by atoms with Crippen molar-refractivity contribution in [3.63, 3.8) is 0 Å². The third-order valence-electron chi connectivity index (χ3n) is 3.79. The zero-order chi connectivity index (χ0) is 16.9. The fourth-order valence-corrected chi connectivity index (χ4v) is 2.81. The summed E-state index contributed by atoms with van der Waals surface area (Å²) in [5, 5.41) is 9.63. The summed E-state index contributed by atoms with van der Waals surface area (Å²) in [4.78, 5) is 15.7. The minimum atomic E-state index is -0.823. The summed E-state index contributed by atoms with van der Waals surface area (Å²) < 4.78 is 5.36. The van der Waals surface area contributed by atoms with Crippen molar-refractivity contribution in [2.24, 2.45) is 0 Å². The summed E-state index contributed by atoms with van der Waals surface area (Å²) in [6.07, 6.45) is 0.932. The predicted molar refractivity (Wildman–Crippen MR) is 88.6 cm³/mol. The molecule has 0 saturated carbocycles. The molecule has 0 heterocycles. The van der Waals surface area contributed by atoms with Crippen LogP contribution in [0.3, 0.4) is 0 Å². The van der Waals surface area contributed by atoms with Gasteiger partial charge in [-0.1, -0.05) is 12.1 Å². The first-order valence-electron chi connectivity index (χ1n) is 7.50. The number of carbonyl (C=O) groups is 1. The van der Waals surface area contributed by atoms with Crippen LogP contribution in [-0.4, -0.2) is 62.2 Å². The normalized spacial score (nSPS) is 12.7. The van der Waals surface area contributed by atoms with Crippen LogP contribution in [0.1, 0.15) is 29.2 Å². The molecule has 0 saturated heterocycles. The Kier molecular flexibility index (Phi) is 6.84. The number of carboxylic acid groups (broad SMARTS) is 1. The average Bonchev–Trinajstić information content (AvgIpc) is 2.37. The van der Waals surface area contributed by atoms with E-state index in [9.17, 15) is 9.90 Å². The first-order valence-corrected chi connectivity index (χ1v) is 7.50. The number of hydrogen-bond donors (Lipinski definition) is 1. The Hall–Kier alpha value is -1.59. The third kappa shape index (κ3) is 4.71. The predicted octanol–water partition coefficient (Wildman–Crippen LogP) is 2.32. The molecule has 0 aliphatic rings. The molecule has 0 bridgehead atoms. The highest BCUT2D eigenvalue weighted by atomic mass is 16.5. The van der Waals surface area contributed by atoms with Crippen molar-refractivity contribution in [2.75, 3.05) is 41.3 Å². The molecule has 0 amide bonds. The van der Waals surface area contributed by atoms with Crippen LogP contribution in [0.25, 0.3) is 0 Å². The van der Waals surface area contributed by atoms with Crippen LogP contribution in [0, 0.1) is 13.8 Å². The lowest BCUT2D eigenvalue weighted by Gasteiger charge is -2.26. The zero-order valence-corrected chi connectivity index (χ0v) is 14.5. The molecule has 0 fully saturated rings. The molecule has 1 atom stereocenters. The van der Waals surface area contributed by atoms with E-state index in [1.165, 1.54) is 0 Å². The Labute approximate surface area is 133 Å². The molecule has 1 aromatic carbocycles. The van der Waals surface area contributed by atoms with Crippen LogP contribution >= 0.6 is 0 Å². The maximum atomic E-state index is 11.7. The summed E-state index contributed by atoms with van der Waals surface area (Å²) in [6.45, 7) is 5.57. The Morgan fingerprint density at radius 1 is 1.18 bits per heavy atom. The Morgan fingerprint density at radius 3 is 2.14 bits per heavy atom. The van der Waals surface area contributed by atoms with E-state index in [-0.39, 0.29) is 0 Å². The van der Waals surface area contributed by atoms with Gasteiger partial charge in [0.2, 0.25) is 0 Å². The minimum absolute atomic E-state index is 0.634. The molecule has 0 aromatic heterocycles. The van der Waals surface area contributed by atoms with Gasteiger partial charge in [0, 0.05) is 6.54 Å². The van der Waals surface area contributed by atoms with Gasteiger partial charge in [0.05, 0.1) is 7.11 Å². The first kappa shape index (κ1) is 18.5. The largest absolute Gasteiger partial charge is 0.496 e. The lowest BCUT2D eigenvalue weighted by molar-refractivity contribution is -0.143. The van der Waals surface area contributed by atoms with Gasteiger partial charge in [0.15, 0.2) is 0 Å². The highest BCUT2D eigenvalue weighted by Gasteiger charge is 2.25. The van der Waals surface area contributed by atoms with Gasteiger partial charge in [-0.05, 0) is 64.6 Å². The van der Waals surface area contributed by atoms with Gasteiger partial charge in [-0.15, -0.1) is 0 Å². The molecule has 1 aromatic rings. The van der Waals surface area contributed by atoms with E-state index in [1.807, 2.05) is 52.0 Å². The van der Waals surface area contributed by atoms with E-state index in [0.29, 0.717) is 0 Å². The van der Waals surface area contributed by atoms with Crippen LogP contribution in [0.2, 0.25) is 0 Å². The summed E-state index contributed by atoms with van der Waals surface area (Å²) in [5.74, 6) is -0.000491. The second-order valence-electron chi connectivity index (χ2n) is 6.07. The molecule has 1 rings (SSSR count). The van der Waals surface area contributed by atoms with Crippen molar-refractivity contribution in [1.82, 2.24) is 9.80 Å². The molecule has 0 radical (unpaired) electrons. The molecule has 124 valence electrons. The van der Waals surface area contributed by atoms with Gasteiger partial charge in [0.1, 0.15) is 11.8 Å². The van der Waals surface area contributed by atoms with E-state index in [0.717, 1.165) is 42.0 Å². The maximum absolute atomic E-state index is 11.7. The van der Waals surface area contributed by atoms with E-state index < -0.39 is 12.0 Å². The van der Waals surface area contributed by atoms with E-state index >= 15 is 0 Å². The standard InChI is InChI=1S/C17H28N2O3/c1-12-10-14(11-13(2)16(12)22-6)15(17(20)21)19(5)9-7-8-18(3)4/h10-11,15H,7-9H2,1-6H3,(H,20,21)/t15-/m0/s1. The fourth-order valence-electron chi connectivity index (χ4n) is 2.81. The van der Waals surface area contributed by atoms with Crippen molar-refractivity contribution in [2.45, 2.75) is 26.3 Å². The number of carboxylic acids is 1. The monoisotopic (exact) mass is 308 g/mol. The molecule has 5 nitrogen and oxygen atoms in total.